The van der Waals surface area contributed by atoms with E-state index in [-0.39, 0.29) is 11.8 Å². The molecule has 1 heterocycles. The van der Waals surface area contributed by atoms with Gasteiger partial charge in [0.05, 0.1) is 13.5 Å². The number of carbonyl (C=O) groups excluding carboxylic acids is 2. The third-order valence-corrected chi connectivity index (χ3v) is 5.10. The fourth-order valence-corrected chi connectivity index (χ4v) is 3.34. The van der Waals surface area contributed by atoms with Crippen LogP contribution in [-0.2, 0) is 11.2 Å². The van der Waals surface area contributed by atoms with Crippen molar-refractivity contribution < 1.29 is 14.3 Å². The Hall–Kier alpha value is -2.82. The fourth-order valence-electron chi connectivity index (χ4n) is 3.34. The van der Waals surface area contributed by atoms with E-state index in [9.17, 15) is 9.59 Å². The summed E-state index contributed by atoms with van der Waals surface area (Å²) in [6, 6.07) is 13.3. The maximum atomic E-state index is 12.7. The molecule has 1 fully saturated rings. The monoisotopic (exact) mass is 366 g/mol. The van der Waals surface area contributed by atoms with Crippen LogP contribution in [0, 0.1) is 13.8 Å². The quantitative estimate of drug-likeness (QED) is 0.836. The molecule has 0 bridgehead atoms. The van der Waals surface area contributed by atoms with E-state index in [1.54, 1.807) is 31.4 Å². The van der Waals surface area contributed by atoms with Gasteiger partial charge in [-0.1, -0.05) is 23.8 Å². The molecule has 0 unspecified atom stereocenters. The minimum Gasteiger partial charge on any atom is -0.497 e. The zero-order chi connectivity index (χ0) is 19.4. The predicted octanol–water partition coefficient (Wildman–Crippen LogP) is 2.84. The Morgan fingerprint density at radius 3 is 2.19 bits per heavy atom. The van der Waals surface area contributed by atoms with Crippen LogP contribution in [-0.4, -0.2) is 54.9 Å². The number of carbonyl (C=O) groups is 2. The van der Waals surface area contributed by atoms with Gasteiger partial charge in [-0.25, -0.2) is 0 Å². The highest BCUT2D eigenvalue weighted by atomic mass is 16.5. The SMILES string of the molecule is COc1ccc(C(=O)N2CCN(C(=O)Cc3cc(C)ccc3C)CC2)cc1. The average Bonchev–Trinajstić information content (AvgIpc) is 2.70. The number of aryl methyl sites for hydroxylation is 2. The Labute approximate surface area is 160 Å². The van der Waals surface area contributed by atoms with Crippen molar-refractivity contribution in [1.29, 1.82) is 0 Å². The van der Waals surface area contributed by atoms with Crippen LogP contribution in [0.5, 0.6) is 5.75 Å². The summed E-state index contributed by atoms with van der Waals surface area (Å²) in [5.74, 6) is 0.855. The Kier molecular flexibility index (Phi) is 5.79. The highest BCUT2D eigenvalue weighted by molar-refractivity contribution is 5.94. The van der Waals surface area contributed by atoms with Crippen molar-refractivity contribution in [3.05, 3.63) is 64.7 Å². The van der Waals surface area contributed by atoms with Crippen LogP contribution in [0.2, 0.25) is 0 Å². The summed E-state index contributed by atoms with van der Waals surface area (Å²) >= 11 is 0. The Balaban J connectivity index is 1.56. The number of rotatable bonds is 4. The van der Waals surface area contributed by atoms with Gasteiger partial charge in [0, 0.05) is 31.7 Å². The van der Waals surface area contributed by atoms with Gasteiger partial charge in [-0.3, -0.25) is 9.59 Å². The van der Waals surface area contributed by atoms with Crippen molar-refractivity contribution in [2.75, 3.05) is 33.3 Å². The first-order valence-electron chi connectivity index (χ1n) is 9.25. The topological polar surface area (TPSA) is 49.9 Å². The Bertz CT molecular complexity index is 822. The second-order valence-corrected chi connectivity index (χ2v) is 7.01. The molecule has 0 radical (unpaired) electrons. The van der Waals surface area contributed by atoms with Crippen LogP contribution in [0.1, 0.15) is 27.0 Å². The molecule has 142 valence electrons. The minimum atomic E-state index is -0.000666. The molecule has 1 aliphatic heterocycles. The molecule has 3 rings (SSSR count). The molecular weight excluding hydrogens is 340 g/mol. The lowest BCUT2D eigenvalue weighted by Gasteiger charge is -2.35. The molecule has 0 spiro atoms. The zero-order valence-corrected chi connectivity index (χ0v) is 16.2. The highest BCUT2D eigenvalue weighted by Crippen LogP contribution is 2.16. The summed E-state index contributed by atoms with van der Waals surface area (Å²) in [7, 11) is 1.60. The van der Waals surface area contributed by atoms with E-state index >= 15 is 0 Å². The van der Waals surface area contributed by atoms with E-state index in [0.29, 0.717) is 38.2 Å². The van der Waals surface area contributed by atoms with Crippen molar-refractivity contribution in [2.45, 2.75) is 20.3 Å². The van der Waals surface area contributed by atoms with Gasteiger partial charge in [-0.15, -0.1) is 0 Å². The van der Waals surface area contributed by atoms with Crippen molar-refractivity contribution in [2.24, 2.45) is 0 Å². The van der Waals surface area contributed by atoms with E-state index in [4.69, 9.17) is 4.74 Å². The second-order valence-electron chi connectivity index (χ2n) is 7.01. The largest absolute Gasteiger partial charge is 0.497 e. The first kappa shape index (κ1) is 19.0. The molecule has 0 atom stereocenters. The summed E-state index contributed by atoms with van der Waals surface area (Å²) in [6.07, 6.45) is 0.417. The third-order valence-electron chi connectivity index (χ3n) is 5.10. The van der Waals surface area contributed by atoms with Crippen molar-refractivity contribution in [3.8, 4) is 5.75 Å². The van der Waals surface area contributed by atoms with Gasteiger partial charge in [-0.05, 0) is 49.2 Å². The van der Waals surface area contributed by atoms with Gasteiger partial charge in [0.25, 0.3) is 5.91 Å². The first-order chi connectivity index (χ1) is 13.0. The second kappa shape index (κ2) is 8.25. The van der Waals surface area contributed by atoms with Crippen LogP contribution in [0.3, 0.4) is 0 Å². The normalized spacial score (nSPS) is 14.2. The minimum absolute atomic E-state index is 0.000666. The van der Waals surface area contributed by atoms with Crippen LogP contribution in [0.15, 0.2) is 42.5 Å². The molecule has 2 aromatic carbocycles. The smallest absolute Gasteiger partial charge is 0.253 e. The molecule has 27 heavy (non-hydrogen) atoms. The van der Waals surface area contributed by atoms with E-state index < -0.39 is 0 Å². The highest BCUT2D eigenvalue weighted by Gasteiger charge is 2.25. The third kappa shape index (κ3) is 4.48. The number of nitrogens with zero attached hydrogens (tertiary/aromatic N) is 2. The number of methoxy groups -OCH3 is 1. The predicted molar refractivity (Wildman–Crippen MR) is 105 cm³/mol. The van der Waals surface area contributed by atoms with Gasteiger partial charge in [0.2, 0.25) is 5.91 Å². The zero-order valence-electron chi connectivity index (χ0n) is 16.2. The van der Waals surface area contributed by atoms with Gasteiger partial charge in [-0.2, -0.15) is 0 Å². The van der Waals surface area contributed by atoms with Crippen molar-refractivity contribution in [1.82, 2.24) is 9.80 Å². The lowest BCUT2D eigenvalue weighted by Crippen LogP contribution is -2.51. The van der Waals surface area contributed by atoms with Gasteiger partial charge >= 0.3 is 0 Å². The summed E-state index contributed by atoms with van der Waals surface area (Å²) in [6.45, 7) is 6.34. The van der Waals surface area contributed by atoms with Crippen LogP contribution in [0.25, 0.3) is 0 Å². The fraction of sp³-hybridized carbons (Fsp3) is 0.364. The average molecular weight is 366 g/mol. The van der Waals surface area contributed by atoms with Crippen molar-refractivity contribution in [3.63, 3.8) is 0 Å². The number of amides is 2. The lowest BCUT2D eigenvalue weighted by atomic mass is 10.0. The van der Waals surface area contributed by atoms with E-state index in [2.05, 4.69) is 18.2 Å². The summed E-state index contributed by atoms with van der Waals surface area (Å²) in [5, 5.41) is 0. The summed E-state index contributed by atoms with van der Waals surface area (Å²) in [4.78, 5) is 29.0. The van der Waals surface area contributed by atoms with Crippen LogP contribution < -0.4 is 4.74 Å². The van der Waals surface area contributed by atoms with Crippen LogP contribution in [0.4, 0.5) is 0 Å². The number of hydrogen-bond donors (Lipinski definition) is 0. The lowest BCUT2D eigenvalue weighted by molar-refractivity contribution is -0.131. The molecule has 0 aromatic heterocycles. The van der Waals surface area contributed by atoms with Gasteiger partial charge in [0.15, 0.2) is 0 Å². The molecule has 2 aromatic rings. The first-order valence-corrected chi connectivity index (χ1v) is 9.25. The maximum Gasteiger partial charge on any atom is 0.253 e. The molecule has 2 amide bonds. The number of ether oxygens (including phenoxy) is 1. The Morgan fingerprint density at radius 1 is 0.926 bits per heavy atom. The molecule has 1 aliphatic rings. The van der Waals surface area contributed by atoms with Gasteiger partial charge < -0.3 is 14.5 Å². The van der Waals surface area contributed by atoms with E-state index in [1.165, 1.54) is 5.56 Å². The maximum absolute atomic E-state index is 12.7. The summed E-state index contributed by atoms with van der Waals surface area (Å²) in [5.41, 5.74) is 4.03. The number of benzene rings is 2. The van der Waals surface area contributed by atoms with Crippen LogP contribution >= 0.6 is 0 Å². The molecule has 0 N–H and O–H groups in total. The summed E-state index contributed by atoms with van der Waals surface area (Å²) < 4.78 is 5.13. The number of piperazine rings is 1. The van der Waals surface area contributed by atoms with Gasteiger partial charge in [0.1, 0.15) is 5.75 Å². The number of hydrogen-bond acceptors (Lipinski definition) is 3. The molecule has 0 aliphatic carbocycles. The molecular formula is C22H26N2O3. The molecule has 5 heteroatoms. The molecule has 1 saturated heterocycles. The molecule has 0 saturated carbocycles. The van der Waals surface area contributed by atoms with E-state index in [1.807, 2.05) is 23.6 Å². The molecule has 5 nitrogen and oxygen atoms in total. The standard InChI is InChI=1S/C22H26N2O3/c1-16-4-5-17(2)19(14-16)15-21(25)23-10-12-24(13-11-23)22(26)18-6-8-20(27-3)9-7-18/h4-9,14H,10-13,15H2,1-3H3. The van der Waals surface area contributed by atoms with E-state index in [0.717, 1.165) is 16.9 Å². The van der Waals surface area contributed by atoms with Crippen molar-refractivity contribution >= 4 is 11.8 Å². The Morgan fingerprint density at radius 2 is 1.56 bits per heavy atom.